The summed E-state index contributed by atoms with van der Waals surface area (Å²) in [6.45, 7) is -0.685. The van der Waals surface area contributed by atoms with Crippen molar-refractivity contribution in [3.63, 3.8) is 0 Å². The van der Waals surface area contributed by atoms with Gasteiger partial charge < -0.3 is 11.5 Å². The molecule has 72 valence electrons. The fraction of sp³-hybridized carbons (Fsp3) is 0.333. The van der Waals surface area contributed by atoms with E-state index in [-0.39, 0.29) is 11.5 Å². The number of hydrogen-bond donors (Lipinski definition) is 2. The summed E-state index contributed by atoms with van der Waals surface area (Å²) in [5.74, 6) is -0.834. The highest BCUT2D eigenvalue weighted by molar-refractivity contribution is 5.91. The number of rotatable bonds is 3. The van der Waals surface area contributed by atoms with Crippen molar-refractivity contribution in [3.8, 4) is 0 Å². The SMILES string of the molecule is NC(=O)c1cc(N)nn1CC(F)F. The van der Waals surface area contributed by atoms with Gasteiger partial charge in [0.15, 0.2) is 0 Å². The van der Waals surface area contributed by atoms with Crippen molar-refractivity contribution < 1.29 is 13.6 Å². The van der Waals surface area contributed by atoms with Crippen LogP contribution in [0.2, 0.25) is 0 Å². The standard InChI is InChI=1S/C6H8F2N4O/c7-4(8)2-12-3(6(10)13)1-5(9)11-12/h1,4H,2H2,(H2,9,11)(H2,10,13). The zero-order valence-electron chi connectivity index (χ0n) is 6.58. The molecule has 4 N–H and O–H groups in total. The fourth-order valence-electron chi connectivity index (χ4n) is 0.905. The minimum Gasteiger partial charge on any atom is -0.382 e. The summed E-state index contributed by atoms with van der Waals surface area (Å²) in [7, 11) is 0. The maximum Gasteiger partial charge on any atom is 0.267 e. The van der Waals surface area contributed by atoms with Crippen LogP contribution in [0.5, 0.6) is 0 Å². The summed E-state index contributed by atoms with van der Waals surface area (Å²) >= 11 is 0. The molecule has 1 rings (SSSR count). The zero-order chi connectivity index (χ0) is 10.0. The molecule has 0 radical (unpaired) electrons. The topological polar surface area (TPSA) is 86.9 Å². The molecule has 0 atom stereocenters. The summed E-state index contributed by atoms with van der Waals surface area (Å²) in [5.41, 5.74) is 10.00. The summed E-state index contributed by atoms with van der Waals surface area (Å²) in [4.78, 5) is 10.7. The Morgan fingerprint density at radius 3 is 2.77 bits per heavy atom. The third-order valence-corrected chi connectivity index (χ3v) is 1.36. The van der Waals surface area contributed by atoms with Crippen LogP contribution in [0.3, 0.4) is 0 Å². The molecule has 0 aliphatic rings. The number of anilines is 1. The van der Waals surface area contributed by atoms with Gasteiger partial charge in [0, 0.05) is 6.07 Å². The number of aromatic nitrogens is 2. The maximum atomic E-state index is 11.9. The number of halogens is 2. The van der Waals surface area contributed by atoms with Crippen molar-refractivity contribution in [2.24, 2.45) is 5.73 Å². The van der Waals surface area contributed by atoms with Crippen molar-refractivity contribution in [1.82, 2.24) is 9.78 Å². The van der Waals surface area contributed by atoms with Gasteiger partial charge in [-0.2, -0.15) is 5.10 Å². The number of carbonyl (C=O) groups is 1. The van der Waals surface area contributed by atoms with Crippen LogP contribution < -0.4 is 11.5 Å². The monoisotopic (exact) mass is 190 g/mol. The predicted molar refractivity (Wildman–Crippen MR) is 41.2 cm³/mol. The van der Waals surface area contributed by atoms with E-state index in [1.165, 1.54) is 0 Å². The largest absolute Gasteiger partial charge is 0.382 e. The maximum absolute atomic E-state index is 11.9. The van der Waals surface area contributed by atoms with Crippen molar-refractivity contribution >= 4 is 11.7 Å². The molecular weight excluding hydrogens is 182 g/mol. The van der Waals surface area contributed by atoms with Crippen LogP contribution in [0.1, 0.15) is 10.5 Å². The van der Waals surface area contributed by atoms with Crippen LogP contribution in [0.15, 0.2) is 6.07 Å². The van der Waals surface area contributed by atoms with Gasteiger partial charge >= 0.3 is 0 Å². The van der Waals surface area contributed by atoms with E-state index in [0.29, 0.717) is 0 Å². The van der Waals surface area contributed by atoms with E-state index in [9.17, 15) is 13.6 Å². The van der Waals surface area contributed by atoms with Crippen molar-refractivity contribution in [3.05, 3.63) is 11.8 Å². The van der Waals surface area contributed by atoms with Crippen LogP contribution >= 0.6 is 0 Å². The molecule has 0 fully saturated rings. The van der Waals surface area contributed by atoms with Crippen LogP contribution in [0.25, 0.3) is 0 Å². The quantitative estimate of drug-likeness (QED) is 0.693. The third-order valence-electron chi connectivity index (χ3n) is 1.36. The molecule has 0 aliphatic carbocycles. The third kappa shape index (κ3) is 2.14. The van der Waals surface area contributed by atoms with Crippen LogP contribution in [0, 0.1) is 0 Å². The molecule has 0 unspecified atom stereocenters. The van der Waals surface area contributed by atoms with Gasteiger partial charge in [-0.25, -0.2) is 8.78 Å². The second-order valence-corrected chi connectivity index (χ2v) is 2.39. The minimum absolute atomic E-state index is 0.00514. The lowest BCUT2D eigenvalue weighted by molar-refractivity contribution is 0.0968. The Balaban J connectivity index is 2.97. The molecule has 0 aromatic carbocycles. The van der Waals surface area contributed by atoms with Gasteiger partial charge in [-0.15, -0.1) is 0 Å². The predicted octanol–water partition coefficient (Wildman–Crippen LogP) is -0.171. The van der Waals surface area contributed by atoms with E-state index in [0.717, 1.165) is 10.7 Å². The van der Waals surface area contributed by atoms with Crippen molar-refractivity contribution in [1.29, 1.82) is 0 Å². The van der Waals surface area contributed by atoms with E-state index in [4.69, 9.17) is 11.5 Å². The Hall–Kier alpha value is -1.66. The van der Waals surface area contributed by atoms with Gasteiger partial charge in [0.2, 0.25) is 0 Å². The van der Waals surface area contributed by atoms with Crippen LogP contribution in [-0.4, -0.2) is 22.1 Å². The Morgan fingerprint density at radius 1 is 1.69 bits per heavy atom. The lowest BCUT2D eigenvalue weighted by Crippen LogP contribution is -2.20. The molecule has 1 amide bonds. The second-order valence-electron chi connectivity index (χ2n) is 2.39. The van der Waals surface area contributed by atoms with Crippen molar-refractivity contribution in [2.45, 2.75) is 13.0 Å². The smallest absolute Gasteiger partial charge is 0.267 e. The lowest BCUT2D eigenvalue weighted by Gasteiger charge is -2.02. The zero-order valence-corrected chi connectivity index (χ0v) is 6.58. The van der Waals surface area contributed by atoms with Crippen LogP contribution in [0.4, 0.5) is 14.6 Å². The summed E-state index contributed by atoms with van der Waals surface area (Å²) in [6, 6.07) is 1.16. The highest BCUT2D eigenvalue weighted by Gasteiger charge is 2.14. The molecule has 0 saturated carbocycles. The van der Waals surface area contributed by atoms with E-state index in [1.807, 2.05) is 0 Å². The molecule has 7 heteroatoms. The fourth-order valence-corrected chi connectivity index (χ4v) is 0.905. The Labute approximate surface area is 72.3 Å². The number of nitrogens with two attached hydrogens (primary N) is 2. The van der Waals surface area contributed by atoms with E-state index >= 15 is 0 Å². The first-order valence-electron chi connectivity index (χ1n) is 3.42. The Kier molecular flexibility index (Phi) is 2.45. The minimum atomic E-state index is -2.60. The molecule has 0 aliphatic heterocycles. The van der Waals surface area contributed by atoms with Gasteiger partial charge in [-0.3, -0.25) is 9.48 Å². The first-order valence-corrected chi connectivity index (χ1v) is 3.42. The number of primary amides is 1. The first kappa shape index (κ1) is 9.43. The van der Waals surface area contributed by atoms with Crippen LogP contribution in [-0.2, 0) is 6.54 Å². The molecule has 0 spiro atoms. The number of nitrogens with zero attached hydrogens (tertiary/aromatic N) is 2. The molecule has 0 bridgehead atoms. The van der Waals surface area contributed by atoms with Gasteiger partial charge in [0.25, 0.3) is 12.3 Å². The molecule has 1 heterocycles. The van der Waals surface area contributed by atoms with Crippen molar-refractivity contribution in [2.75, 3.05) is 5.73 Å². The molecule has 1 aromatic heterocycles. The highest BCUT2D eigenvalue weighted by Crippen LogP contribution is 2.07. The molecule has 0 saturated heterocycles. The molecular formula is C6H8F2N4O. The molecule has 1 aromatic rings. The summed E-state index contributed by atoms with van der Waals surface area (Å²) < 4.78 is 24.6. The Morgan fingerprint density at radius 2 is 2.31 bits per heavy atom. The van der Waals surface area contributed by atoms with Gasteiger partial charge in [-0.1, -0.05) is 0 Å². The second kappa shape index (κ2) is 3.38. The van der Waals surface area contributed by atoms with E-state index in [1.54, 1.807) is 0 Å². The number of hydrogen-bond acceptors (Lipinski definition) is 3. The number of carbonyl (C=O) groups excluding carboxylic acids is 1. The van der Waals surface area contributed by atoms with Gasteiger partial charge in [0.1, 0.15) is 18.1 Å². The number of amides is 1. The molecule has 5 nitrogen and oxygen atoms in total. The number of nitrogen functional groups attached to an aromatic ring is 1. The normalized spacial score (nSPS) is 10.7. The summed E-state index contributed by atoms with van der Waals surface area (Å²) in [5, 5.41) is 3.49. The lowest BCUT2D eigenvalue weighted by atomic mass is 10.4. The molecule has 13 heavy (non-hydrogen) atoms. The van der Waals surface area contributed by atoms with E-state index < -0.39 is 18.9 Å². The average Bonchev–Trinajstić information content (AvgIpc) is 2.29. The number of alkyl halides is 2. The Bertz CT molecular complexity index is 322. The summed E-state index contributed by atoms with van der Waals surface area (Å²) in [6.07, 6.45) is -2.60. The van der Waals surface area contributed by atoms with Gasteiger partial charge in [-0.05, 0) is 0 Å². The highest BCUT2D eigenvalue weighted by atomic mass is 19.3. The van der Waals surface area contributed by atoms with E-state index in [2.05, 4.69) is 5.10 Å². The average molecular weight is 190 g/mol. The first-order chi connectivity index (χ1) is 6.00. The van der Waals surface area contributed by atoms with Gasteiger partial charge in [0.05, 0.1) is 0 Å².